The maximum atomic E-state index is 12.3. The molecule has 3 N–H and O–H groups in total. The summed E-state index contributed by atoms with van der Waals surface area (Å²) in [6.45, 7) is 1.94. The number of nitrogens with one attached hydrogen (secondary N) is 3. The summed E-state index contributed by atoms with van der Waals surface area (Å²) in [5, 5.41) is 12.8. The number of rotatable bonds is 8. The lowest BCUT2D eigenvalue weighted by Gasteiger charge is -2.10. The van der Waals surface area contributed by atoms with Crippen molar-refractivity contribution in [1.29, 1.82) is 0 Å². The average molecular weight is 395 g/mol. The zero-order chi connectivity index (χ0) is 19.8. The van der Waals surface area contributed by atoms with Crippen LogP contribution in [0.3, 0.4) is 0 Å². The molecular weight excluding hydrogens is 374 g/mol. The molecular formula is C20H21N5O2S. The Labute approximate surface area is 167 Å². The van der Waals surface area contributed by atoms with Gasteiger partial charge in [0.25, 0.3) is 5.91 Å². The minimum absolute atomic E-state index is 0.0834. The van der Waals surface area contributed by atoms with Crippen LogP contribution in [0.1, 0.15) is 28.4 Å². The fourth-order valence-electron chi connectivity index (χ4n) is 2.58. The van der Waals surface area contributed by atoms with Gasteiger partial charge in [0.15, 0.2) is 5.16 Å². The van der Waals surface area contributed by atoms with E-state index in [0.29, 0.717) is 5.56 Å². The van der Waals surface area contributed by atoms with Crippen molar-refractivity contribution in [3.8, 4) is 0 Å². The van der Waals surface area contributed by atoms with Gasteiger partial charge < -0.3 is 10.6 Å². The summed E-state index contributed by atoms with van der Waals surface area (Å²) in [5.41, 5.74) is 3.40. The highest BCUT2D eigenvalue weighted by Gasteiger charge is 2.10. The molecule has 0 aliphatic rings. The van der Waals surface area contributed by atoms with Crippen LogP contribution < -0.4 is 10.6 Å². The number of amides is 2. The number of thioether (sulfide) groups is 1. The van der Waals surface area contributed by atoms with Crippen LogP contribution in [-0.4, -0.2) is 33.5 Å². The first kappa shape index (κ1) is 19.6. The lowest BCUT2D eigenvalue weighted by atomic mass is 10.1. The van der Waals surface area contributed by atoms with E-state index >= 15 is 0 Å². The van der Waals surface area contributed by atoms with Gasteiger partial charge in [-0.05, 0) is 35.7 Å². The highest BCUT2D eigenvalue weighted by atomic mass is 32.2. The van der Waals surface area contributed by atoms with Crippen LogP contribution in [0.4, 0.5) is 5.69 Å². The Morgan fingerprint density at radius 1 is 1.11 bits per heavy atom. The standard InChI is InChI=1S/C20H21N5O2S/c1-2-15-5-3-4-6-17(15)24-18(26)11-21-19(27)16-9-7-14(8-10-16)12-28-20-22-13-23-25-20/h3-10,13H,2,11-12H2,1H3,(H,21,27)(H,24,26)(H,22,23,25). The molecule has 0 unspecified atom stereocenters. The van der Waals surface area contributed by atoms with Crippen LogP contribution in [0.15, 0.2) is 60.0 Å². The number of aromatic amines is 1. The molecule has 1 aromatic heterocycles. The second kappa shape index (κ2) is 9.70. The predicted molar refractivity (Wildman–Crippen MR) is 109 cm³/mol. The number of nitrogens with zero attached hydrogens (tertiary/aromatic N) is 2. The summed E-state index contributed by atoms with van der Waals surface area (Å²) in [4.78, 5) is 28.4. The molecule has 144 valence electrons. The second-order valence-electron chi connectivity index (χ2n) is 6.02. The van der Waals surface area contributed by atoms with E-state index in [1.165, 1.54) is 18.1 Å². The highest BCUT2D eigenvalue weighted by Crippen LogP contribution is 2.18. The lowest BCUT2D eigenvalue weighted by molar-refractivity contribution is -0.115. The number of carbonyl (C=O) groups excluding carboxylic acids is 2. The molecule has 0 radical (unpaired) electrons. The number of aryl methyl sites for hydroxylation is 1. The first-order valence-corrected chi connectivity index (χ1v) is 9.87. The third-order valence-corrected chi connectivity index (χ3v) is 5.01. The van der Waals surface area contributed by atoms with Gasteiger partial charge in [0.2, 0.25) is 5.91 Å². The van der Waals surface area contributed by atoms with Gasteiger partial charge in [-0.3, -0.25) is 14.7 Å². The smallest absolute Gasteiger partial charge is 0.251 e. The number of para-hydroxylation sites is 1. The monoisotopic (exact) mass is 395 g/mol. The Morgan fingerprint density at radius 3 is 2.61 bits per heavy atom. The molecule has 1 heterocycles. The quantitative estimate of drug-likeness (QED) is 0.509. The molecule has 2 amide bonds. The van der Waals surface area contributed by atoms with Gasteiger partial charge >= 0.3 is 0 Å². The van der Waals surface area contributed by atoms with Gasteiger partial charge in [-0.25, -0.2) is 4.98 Å². The molecule has 3 rings (SSSR count). The minimum Gasteiger partial charge on any atom is -0.343 e. The topological polar surface area (TPSA) is 99.8 Å². The molecule has 3 aromatic rings. The van der Waals surface area contributed by atoms with E-state index in [-0.39, 0.29) is 18.4 Å². The molecule has 0 fully saturated rings. The summed E-state index contributed by atoms with van der Waals surface area (Å²) in [7, 11) is 0. The SMILES string of the molecule is CCc1ccccc1NC(=O)CNC(=O)c1ccc(CSc2ncn[nH]2)cc1. The molecule has 0 atom stereocenters. The van der Waals surface area contributed by atoms with Crippen molar-refractivity contribution < 1.29 is 9.59 Å². The Balaban J connectivity index is 1.48. The Morgan fingerprint density at radius 2 is 1.89 bits per heavy atom. The molecule has 0 saturated heterocycles. The fraction of sp³-hybridized carbons (Fsp3) is 0.200. The molecule has 0 aliphatic heterocycles. The number of aromatic nitrogens is 3. The van der Waals surface area contributed by atoms with E-state index < -0.39 is 0 Å². The van der Waals surface area contributed by atoms with Crippen LogP contribution in [0.5, 0.6) is 0 Å². The number of H-pyrrole nitrogens is 1. The zero-order valence-electron chi connectivity index (χ0n) is 15.4. The fourth-order valence-corrected chi connectivity index (χ4v) is 3.31. The molecule has 0 aliphatic carbocycles. The number of hydrogen-bond donors (Lipinski definition) is 3. The Hall–Kier alpha value is -3.13. The Kier molecular flexibility index (Phi) is 6.80. The maximum Gasteiger partial charge on any atom is 0.251 e. The summed E-state index contributed by atoms with van der Waals surface area (Å²) in [5.74, 6) is 0.179. The van der Waals surface area contributed by atoms with Crippen LogP contribution in [0.2, 0.25) is 0 Å². The minimum atomic E-state index is -0.284. The summed E-state index contributed by atoms with van der Waals surface area (Å²) >= 11 is 1.53. The molecule has 2 aromatic carbocycles. The second-order valence-corrected chi connectivity index (χ2v) is 6.98. The third-order valence-electron chi connectivity index (χ3n) is 4.07. The molecule has 0 spiro atoms. The molecule has 0 bridgehead atoms. The van der Waals surface area contributed by atoms with E-state index in [2.05, 4.69) is 25.8 Å². The molecule has 7 nitrogen and oxygen atoms in total. The maximum absolute atomic E-state index is 12.3. The summed E-state index contributed by atoms with van der Waals surface area (Å²) in [6, 6.07) is 14.9. The number of anilines is 1. The lowest BCUT2D eigenvalue weighted by Crippen LogP contribution is -2.33. The third kappa shape index (κ3) is 5.43. The Bertz CT molecular complexity index is 926. The molecule has 8 heteroatoms. The van der Waals surface area contributed by atoms with Crippen LogP contribution in [0.25, 0.3) is 0 Å². The zero-order valence-corrected chi connectivity index (χ0v) is 16.3. The average Bonchev–Trinajstić information content (AvgIpc) is 3.25. The number of benzene rings is 2. The molecule has 0 saturated carbocycles. The summed E-state index contributed by atoms with van der Waals surface area (Å²) in [6.07, 6.45) is 2.29. The van der Waals surface area contributed by atoms with Gasteiger partial charge in [0, 0.05) is 17.0 Å². The number of hydrogen-bond acceptors (Lipinski definition) is 5. The first-order valence-electron chi connectivity index (χ1n) is 8.88. The van der Waals surface area contributed by atoms with Crippen molar-refractivity contribution in [3.05, 3.63) is 71.5 Å². The highest BCUT2D eigenvalue weighted by molar-refractivity contribution is 7.98. The van der Waals surface area contributed by atoms with E-state index in [9.17, 15) is 9.59 Å². The predicted octanol–water partition coefficient (Wildman–Crippen LogP) is 3.03. The van der Waals surface area contributed by atoms with E-state index in [4.69, 9.17) is 0 Å². The van der Waals surface area contributed by atoms with Crippen LogP contribution in [0, 0.1) is 0 Å². The van der Waals surface area contributed by atoms with Gasteiger partial charge in [-0.1, -0.05) is 49.0 Å². The van der Waals surface area contributed by atoms with Crippen molar-refractivity contribution in [1.82, 2.24) is 20.5 Å². The van der Waals surface area contributed by atoms with E-state index in [0.717, 1.165) is 34.1 Å². The van der Waals surface area contributed by atoms with Crippen molar-refractivity contribution >= 4 is 29.3 Å². The van der Waals surface area contributed by atoms with Crippen molar-refractivity contribution in [2.24, 2.45) is 0 Å². The van der Waals surface area contributed by atoms with E-state index in [1.807, 2.05) is 43.3 Å². The van der Waals surface area contributed by atoms with Gasteiger partial charge in [-0.15, -0.1) is 0 Å². The summed E-state index contributed by atoms with van der Waals surface area (Å²) < 4.78 is 0. The van der Waals surface area contributed by atoms with Crippen LogP contribution >= 0.6 is 11.8 Å². The molecule has 28 heavy (non-hydrogen) atoms. The normalized spacial score (nSPS) is 10.5. The van der Waals surface area contributed by atoms with Crippen molar-refractivity contribution in [2.45, 2.75) is 24.3 Å². The van der Waals surface area contributed by atoms with Gasteiger partial charge in [0.1, 0.15) is 6.33 Å². The largest absolute Gasteiger partial charge is 0.343 e. The van der Waals surface area contributed by atoms with Gasteiger partial charge in [-0.2, -0.15) is 5.10 Å². The number of carbonyl (C=O) groups is 2. The first-order chi connectivity index (χ1) is 13.7. The van der Waals surface area contributed by atoms with Gasteiger partial charge in [0.05, 0.1) is 6.54 Å². The van der Waals surface area contributed by atoms with Crippen molar-refractivity contribution in [2.75, 3.05) is 11.9 Å². The van der Waals surface area contributed by atoms with Crippen molar-refractivity contribution in [3.63, 3.8) is 0 Å². The van der Waals surface area contributed by atoms with Crippen LogP contribution in [-0.2, 0) is 17.0 Å². The van der Waals surface area contributed by atoms with E-state index in [1.54, 1.807) is 12.1 Å².